The van der Waals surface area contributed by atoms with Crippen molar-refractivity contribution in [1.82, 2.24) is 24.6 Å². The standard InChI is InChI=1S/C49H60N8O9S/c1-31(2)37-7-5-6-8-38(37)41-30-65-22-21-56(41)35-26-49(27-35)16-19-55(20-17-49)34-9-10-39(42(24-34)66-43-23-33-13-18-50-44(33)53-47(43)64-4)46(58)54-67(62,63)36-25-40(57(60)61)45(52-29-36)51-28-32-11-14-48(3,59)15-12-32/h5-10,13,18,23-25,29,31-32,35,41,59H,11-12,14-17,19-22,26-28,30H2,1-4H3,(H,50,53)(H,51,52)(H,54,58)/t32?,41-,48?/m1/s1. The molecule has 0 bridgehead atoms. The quantitative estimate of drug-likeness (QED) is 0.0612. The van der Waals surface area contributed by atoms with Gasteiger partial charge in [-0.1, -0.05) is 38.1 Å². The third-order valence-electron chi connectivity index (χ3n) is 14.5. The lowest BCUT2D eigenvalue weighted by molar-refractivity contribution is -0.384. The van der Waals surface area contributed by atoms with Crippen molar-refractivity contribution >= 4 is 44.2 Å². The molecule has 4 aliphatic rings. The van der Waals surface area contributed by atoms with E-state index in [2.05, 4.69) is 72.9 Å². The number of amides is 1. The summed E-state index contributed by atoms with van der Waals surface area (Å²) in [6.07, 6.45) is 9.64. The summed E-state index contributed by atoms with van der Waals surface area (Å²) in [5.74, 6) is -0.0910. The number of fused-ring (bicyclic) bond motifs is 1. The minimum absolute atomic E-state index is 0.0668. The van der Waals surface area contributed by atoms with Gasteiger partial charge < -0.3 is 34.5 Å². The van der Waals surface area contributed by atoms with Crippen LogP contribution < -0.4 is 24.4 Å². The first kappa shape index (κ1) is 46.3. The smallest absolute Gasteiger partial charge is 0.312 e. The molecule has 18 heteroatoms. The second-order valence-electron chi connectivity index (χ2n) is 19.4. The minimum atomic E-state index is -4.67. The summed E-state index contributed by atoms with van der Waals surface area (Å²) < 4.78 is 47.7. The van der Waals surface area contributed by atoms with E-state index < -0.39 is 37.0 Å². The van der Waals surface area contributed by atoms with Gasteiger partial charge in [-0.05, 0) is 111 Å². The van der Waals surface area contributed by atoms with Crippen LogP contribution in [0.5, 0.6) is 17.4 Å². The van der Waals surface area contributed by atoms with Crippen LogP contribution >= 0.6 is 0 Å². The van der Waals surface area contributed by atoms with Crippen molar-refractivity contribution in [2.45, 2.75) is 101 Å². The fraction of sp³-hybridized carbons (Fsp3) is 0.490. The van der Waals surface area contributed by atoms with Gasteiger partial charge in [0.15, 0.2) is 5.75 Å². The van der Waals surface area contributed by atoms with Crippen LogP contribution in [-0.4, -0.2) is 102 Å². The number of aromatic nitrogens is 3. The van der Waals surface area contributed by atoms with Crippen molar-refractivity contribution in [2.24, 2.45) is 11.3 Å². The molecule has 356 valence electrons. The molecular weight excluding hydrogens is 877 g/mol. The average molecular weight is 937 g/mol. The van der Waals surface area contributed by atoms with Crippen molar-refractivity contribution in [3.8, 4) is 17.4 Å². The first-order valence-corrected chi connectivity index (χ1v) is 24.8. The molecule has 1 spiro atoms. The number of rotatable bonds is 14. The second-order valence-corrected chi connectivity index (χ2v) is 21.1. The van der Waals surface area contributed by atoms with Crippen molar-refractivity contribution < 1.29 is 37.5 Å². The maximum absolute atomic E-state index is 14.1. The summed E-state index contributed by atoms with van der Waals surface area (Å²) in [4.78, 5) is 41.6. The molecule has 5 aromatic rings. The molecule has 3 aromatic heterocycles. The Balaban J connectivity index is 0.920. The van der Waals surface area contributed by atoms with E-state index in [1.54, 1.807) is 31.3 Å². The van der Waals surface area contributed by atoms with E-state index in [4.69, 9.17) is 14.2 Å². The number of nitrogens with zero attached hydrogens (tertiary/aromatic N) is 5. The monoisotopic (exact) mass is 936 g/mol. The number of morpholine rings is 1. The number of aromatic amines is 1. The Labute approximate surface area is 390 Å². The van der Waals surface area contributed by atoms with Gasteiger partial charge in [-0.15, -0.1) is 0 Å². The molecule has 2 saturated carbocycles. The predicted molar refractivity (Wildman–Crippen MR) is 253 cm³/mol. The van der Waals surface area contributed by atoms with Crippen molar-refractivity contribution in [3.05, 3.63) is 99.9 Å². The van der Waals surface area contributed by atoms with E-state index in [1.165, 1.54) is 24.3 Å². The van der Waals surface area contributed by atoms with E-state index in [9.17, 15) is 28.4 Å². The Morgan fingerprint density at radius 1 is 1.04 bits per heavy atom. The number of benzene rings is 2. The summed E-state index contributed by atoms with van der Waals surface area (Å²) >= 11 is 0. The van der Waals surface area contributed by atoms with Gasteiger partial charge in [0.1, 0.15) is 16.3 Å². The highest BCUT2D eigenvalue weighted by Crippen LogP contribution is 2.53. The molecule has 2 aliphatic heterocycles. The zero-order valence-electron chi connectivity index (χ0n) is 38.5. The Kier molecular flexibility index (Phi) is 12.9. The molecule has 0 radical (unpaired) electrons. The summed E-state index contributed by atoms with van der Waals surface area (Å²) in [5, 5.41) is 26.2. The van der Waals surface area contributed by atoms with E-state index in [0.717, 1.165) is 88.1 Å². The Bertz CT molecular complexity index is 2740. The van der Waals surface area contributed by atoms with Gasteiger partial charge in [-0.3, -0.25) is 19.8 Å². The molecular formula is C49H60N8O9S. The molecule has 4 fully saturated rings. The summed E-state index contributed by atoms with van der Waals surface area (Å²) in [5.41, 5.74) is 2.97. The van der Waals surface area contributed by atoms with E-state index in [0.29, 0.717) is 43.6 Å². The predicted octanol–water partition coefficient (Wildman–Crippen LogP) is 8.08. The van der Waals surface area contributed by atoms with Crippen LogP contribution in [0.1, 0.15) is 106 Å². The molecule has 1 atom stereocenters. The number of piperidine rings is 1. The molecule has 17 nitrogen and oxygen atoms in total. The third kappa shape index (κ3) is 9.80. The minimum Gasteiger partial charge on any atom is -0.478 e. The summed E-state index contributed by atoms with van der Waals surface area (Å²) in [7, 11) is -3.22. The number of sulfonamides is 1. The normalized spacial score (nSPS) is 22.4. The van der Waals surface area contributed by atoms with Gasteiger partial charge in [0.2, 0.25) is 5.82 Å². The lowest BCUT2D eigenvalue weighted by atomic mass is 9.59. The number of hydrogen-bond acceptors (Lipinski definition) is 14. The average Bonchev–Trinajstić information content (AvgIpc) is 3.77. The number of ether oxygens (including phenoxy) is 3. The number of aliphatic hydroxyl groups is 1. The zero-order valence-corrected chi connectivity index (χ0v) is 39.3. The van der Waals surface area contributed by atoms with Crippen LogP contribution in [0.25, 0.3) is 11.0 Å². The van der Waals surface area contributed by atoms with Crippen LogP contribution in [0.2, 0.25) is 0 Å². The highest BCUT2D eigenvalue weighted by atomic mass is 32.2. The fourth-order valence-corrected chi connectivity index (χ4v) is 11.5. The van der Waals surface area contributed by atoms with E-state index in [1.807, 2.05) is 6.07 Å². The molecule has 5 heterocycles. The Hall–Kier alpha value is -5.82. The lowest BCUT2D eigenvalue weighted by Crippen LogP contribution is -2.58. The first-order chi connectivity index (χ1) is 32.1. The first-order valence-electron chi connectivity index (χ1n) is 23.3. The van der Waals surface area contributed by atoms with Gasteiger partial charge in [0.25, 0.3) is 21.8 Å². The number of nitro groups is 1. The number of carbonyl (C=O) groups is 1. The summed E-state index contributed by atoms with van der Waals surface area (Å²) in [6.45, 7) is 10.6. The number of hydrogen-bond donors (Lipinski definition) is 4. The number of carbonyl (C=O) groups excluding carboxylic acids is 1. The summed E-state index contributed by atoms with van der Waals surface area (Å²) in [6, 6.07) is 19.0. The third-order valence-corrected chi connectivity index (χ3v) is 15.8. The maximum Gasteiger partial charge on any atom is 0.312 e. The lowest BCUT2D eigenvalue weighted by Gasteiger charge is -2.57. The highest BCUT2D eigenvalue weighted by Gasteiger charge is 2.50. The molecule has 2 aliphatic carbocycles. The zero-order chi connectivity index (χ0) is 47.1. The van der Waals surface area contributed by atoms with Gasteiger partial charge in [0.05, 0.1) is 48.7 Å². The largest absolute Gasteiger partial charge is 0.478 e. The number of nitrogens with one attached hydrogen (secondary N) is 3. The van der Waals surface area contributed by atoms with Crippen LogP contribution in [0, 0.1) is 21.4 Å². The van der Waals surface area contributed by atoms with Gasteiger partial charge in [0, 0.05) is 61.6 Å². The fourth-order valence-electron chi connectivity index (χ4n) is 10.6. The van der Waals surface area contributed by atoms with Crippen LogP contribution in [0.15, 0.2) is 78.0 Å². The molecule has 67 heavy (non-hydrogen) atoms. The van der Waals surface area contributed by atoms with Gasteiger partial charge >= 0.3 is 5.69 Å². The molecule has 1 amide bonds. The van der Waals surface area contributed by atoms with Crippen molar-refractivity contribution in [3.63, 3.8) is 0 Å². The molecule has 2 saturated heterocycles. The topological polar surface area (TPSA) is 214 Å². The van der Waals surface area contributed by atoms with Crippen LogP contribution in [0.3, 0.4) is 0 Å². The SMILES string of the molecule is COc1nc2[nH]ccc2cc1Oc1cc(N2CCC3(CC2)CC(N2CCOC[C@@H]2c2ccccc2C(C)C)C3)ccc1C(=O)NS(=O)(=O)c1cnc(NCC2CCC(C)(O)CC2)c([N+](=O)[O-])c1. The number of methoxy groups -OCH3 is 1. The van der Waals surface area contributed by atoms with Crippen molar-refractivity contribution in [2.75, 3.05) is 56.7 Å². The van der Waals surface area contributed by atoms with E-state index in [-0.39, 0.29) is 46.1 Å². The number of anilines is 2. The molecule has 0 unspecified atom stereocenters. The van der Waals surface area contributed by atoms with Crippen LogP contribution in [0.4, 0.5) is 17.2 Å². The van der Waals surface area contributed by atoms with Gasteiger partial charge in [-0.25, -0.2) is 18.1 Å². The molecule has 9 rings (SSSR count). The van der Waals surface area contributed by atoms with Gasteiger partial charge in [-0.2, -0.15) is 4.98 Å². The number of H-pyrrole nitrogens is 1. The highest BCUT2D eigenvalue weighted by molar-refractivity contribution is 7.90. The second kappa shape index (κ2) is 18.7. The van der Waals surface area contributed by atoms with Crippen molar-refractivity contribution in [1.29, 1.82) is 0 Å². The van der Waals surface area contributed by atoms with Crippen LogP contribution in [-0.2, 0) is 14.8 Å². The Morgan fingerprint density at radius 2 is 1.81 bits per heavy atom. The maximum atomic E-state index is 14.1. The number of pyridine rings is 2. The van der Waals surface area contributed by atoms with E-state index >= 15 is 0 Å². The molecule has 2 aromatic carbocycles. The Morgan fingerprint density at radius 3 is 2.54 bits per heavy atom. The molecule has 4 N–H and O–H groups in total.